The summed E-state index contributed by atoms with van der Waals surface area (Å²) in [6.07, 6.45) is 1.71. The van der Waals surface area contributed by atoms with Crippen LogP contribution in [0.5, 0.6) is 5.75 Å². The maximum atomic E-state index is 13.0. The van der Waals surface area contributed by atoms with Gasteiger partial charge in [0.15, 0.2) is 6.04 Å². The minimum atomic E-state index is -1.16. The van der Waals surface area contributed by atoms with Crippen molar-refractivity contribution in [1.29, 1.82) is 0 Å². The van der Waals surface area contributed by atoms with Crippen LogP contribution in [-0.4, -0.2) is 26.2 Å². The van der Waals surface area contributed by atoms with Gasteiger partial charge in [-0.3, -0.25) is 9.69 Å². The van der Waals surface area contributed by atoms with Crippen molar-refractivity contribution >= 4 is 46.3 Å². The number of rotatable bonds is 7. The first-order chi connectivity index (χ1) is 15.5. The quantitative estimate of drug-likeness (QED) is 0.381. The van der Waals surface area contributed by atoms with E-state index >= 15 is 0 Å². The molecule has 0 aromatic heterocycles. The van der Waals surface area contributed by atoms with E-state index in [1.165, 1.54) is 4.90 Å². The van der Waals surface area contributed by atoms with E-state index in [-0.39, 0.29) is 4.32 Å². The van der Waals surface area contributed by atoms with Gasteiger partial charge in [-0.2, -0.15) is 0 Å². The Bertz CT molecular complexity index is 1160. The molecule has 1 aliphatic heterocycles. The second kappa shape index (κ2) is 9.80. The van der Waals surface area contributed by atoms with Gasteiger partial charge in [-0.15, -0.1) is 0 Å². The fourth-order valence-electron chi connectivity index (χ4n) is 3.29. The molecule has 0 spiro atoms. The van der Waals surface area contributed by atoms with Crippen LogP contribution in [0.1, 0.15) is 22.7 Å². The standard InChI is InChI=1S/C25H19NO4S2/c27-23-21(32-25(31)26(23)22(24(28)29)19-9-5-2-6-10-19)15-17-11-13-20(14-12-17)30-16-18-7-3-1-4-8-18/h1-15,22H,16H2,(H,28,29)/b21-15-. The average molecular weight is 462 g/mol. The SMILES string of the molecule is O=C(O)C(c1ccccc1)N1C(=O)/C(=C/c2ccc(OCc3ccccc3)cc2)SC1=S. The van der Waals surface area contributed by atoms with Gasteiger partial charge in [0.2, 0.25) is 0 Å². The van der Waals surface area contributed by atoms with Gasteiger partial charge in [0, 0.05) is 0 Å². The van der Waals surface area contributed by atoms with E-state index in [0.717, 1.165) is 22.9 Å². The van der Waals surface area contributed by atoms with Crippen LogP contribution in [0.15, 0.2) is 89.8 Å². The van der Waals surface area contributed by atoms with Crippen molar-refractivity contribution in [3.05, 3.63) is 107 Å². The number of benzene rings is 3. The third-order valence-electron chi connectivity index (χ3n) is 4.86. The maximum absolute atomic E-state index is 13.0. The Morgan fingerprint density at radius 3 is 2.25 bits per heavy atom. The number of carboxylic acid groups (broad SMARTS) is 1. The fourth-order valence-corrected chi connectivity index (χ4v) is 4.61. The Balaban J connectivity index is 1.49. The van der Waals surface area contributed by atoms with Crippen LogP contribution in [0.2, 0.25) is 0 Å². The molecule has 1 heterocycles. The number of nitrogens with zero attached hydrogens (tertiary/aromatic N) is 1. The molecule has 0 radical (unpaired) electrons. The van der Waals surface area contributed by atoms with Gasteiger partial charge in [-0.05, 0) is 34.9 Å². The smallest absolute Gasteiger partial charge is 0.331 e. The molecule has 5 nitrogen and oxygen atoms in total. The van der Waals surface area contributed by atoms with Crippen molar-refractivity contribution in [2.75, 3.05) is 0 Å². The molecule has 1 amide bonds. The number of amides is 1. The lowest BCUT2D eigenvalue weighted by molar-refractivity contribution is -0.145. The summed E-state index contributed by atoms with van der Waals surface area (Å²) in [6.45, 7) is 0.467. The number of thioether (sulfide) groups is 1. The largest absolute Gasteiger partial charge is 0.489 e. The highest BCUT2D eigenvalue weighted by Gasteiger charge is 2.41. The van der Waals surface area contributed by atoms with Crippen LogP contribution in [0.4, 0.5) is 0 Å². The molecule has 0 bridgehead atoms. The van der Waals surface area contributed by atoms with E-state index in [1.54, 1.807) is 36.4 Å². The number of carboxylic acids is 1. The van der Waals surface area contributed by atoms with Gasteiger partial charge in [0.25, 0.3) is 5.91 Å². The Hall–Kier alpha value is -3.42. The zero-order chi connectivity index (χ0) is 22.5. The summed E-state index contributed by atoms with van der Waals surface area (Å²) in [5, 5.41) is 9.77. The van der Waals surface area contributed by atoms with Crippen LogP contribution >= 0.6 is 24.0 Å². The second-order valence-electron chi connectivity index (χ2n) is 7.05. The first kappa shape index (κ1) is 21.8. The van der Waals surface area contributed by atoms with Crippen molar-refractivity contribution in [3.63, 3.8) is 0 Å². The molecule has 3 aromatic carbocycles. The molecule has 7 heteroatoms. The zero-order valence-electron chi connectivity index (χ0n) is 16.9. The Morgan fingerprint density at radius 1 is 1.00 bits per heavy atom. The number of hydrogen-bond acceptors (Lipinski definition) is 5. The normalized spacial score (nSPS) is 15.8. The molecule has 1 unspecified atom stereocenters. The molecule has 32 heavy (non-hydrogen) atoms. The molecule has 3 aromatic rings. The van der Waals surface area contributed by atoms with E-state index in [2.05, 4.69) is 0 Å². The van der Waals surface area contributed by atoms with Crippen LogP contribution in [-0.2, 0) is 16.2 Å². The lowest BCUT2D eigenvalue weighted by Crippen LogP contribution is -2.37. The number of ether oxygens (including phenoxy) is 1. The van der Waals surface area contributed by atoms with Crippen LogP contribution in [0.25, 0.3) is 6.08 Å². The van der Waals surface area contributed by atoms with Crippen molar-refractivity contribution in [1.82, 2.24) is 4.90 Å². The van der Waals surface area contributed by atoms with Gasteiger partial charge < -0.3 is 9.84 Å². The van der Waals surface area contributed by atoms with Gasteiger partial charge in [0.05, 0.1) is 4.91 Å². The number of aliphatic carboxylic acids is 1. The van der Waals surface area contributed by atoms with E-state index in [9.17, 15) is 14.7 Å². The summed E-state index contributed by atoms with van der Waals surface area (Å²) in [5.74, 6) is -0.831. The molecule has 4 rings (SSSR count). The van der Waals surface area contributed by atoms with E-state index in [4.69, 9.17) is 17.0 Å². The van der Waals surface area contributed by atoms with E-state index in [1.807, 2.05) is 54.6 Å². The number of carbonyl (C=O) groups is 2. The summed E-state index contributed by atoms with van der Waals surface area (Å²) >= 11 is 6.46. The first-order valence-electron chi connectivity index (χ1n) is 9.84. The summed E-state index contributed by atoms with van der Waals surface area (Å²) < 4.78 is 6.01. The summed E-state index contributed by atoms with van der Waals surface area (Å²) in [5.41, 5.74) is 2.37. The molecule has 1 fully saturated rings. The molecular weight excluding hydrogens is 442 g/mol. The van der Waals surface area contributed by atoms with Crippen molar-refractivity contribution in [2.24, 2.45) is 0 Å². The number of hydrogen-bond donors (Lipinski definition) is 1. The van der Waals surface area contributed by atoms with Gasteiger partial charge >= 0.3 is 5.97 Å². The topological polar surface area (TPSA) is 66.8 Å². The third kappa shape index (κ3) is 4.90. The Kier molecular flexibility index (Phi) is 6.68. The predicted molar refractivity (Wildman–Crippen MR) is 129 cm³/mol. The van der Waals surface area contributed by atoms with Gasteiger partial charge in [-0.1, -0.05) is 96.8 Å². The maximum Gasteiger partial charge on any atom is 0.331 e. The zero-order valence-corrected chi connectivity index (χ0v) is 18.5. The number of thiocarbonyl (C=S) groups is 1. The highest BCUT2D eigenvalue weighted by Crippen LogP contribution is 2.38. The highest BCUT2D eigenvalue weighted by molar-refractivity contribution is 8.26. The summed E-state index contributed by atoms with van der Waals surface area (Å²) in [7, 11) is 0. The lowest BCUT2D eigenvalue weighted by atomic mass is 10.1. The summed E-state index contributed by atoms with van der Waals surface area (Å²) in [4.78, 5) is 26.5. The molecule has 1 N–H and O–H groups in total. The van der Waals surface area contributed by atoms with Gasteiger partial charge in [0.1, 0.15) is 16.7 Å². The van der Waals surface area contributed by atoms with Crippen molar-refractivity contribution in [3.8, 4) is 5.75 Å². The molecule has 0 aliphatic carbocycles. The first-order valence-corrected chi connectivity index (χ1v) is 11.1. The Morgan fingerprint density at radius 2 is 1.62 bits per heavy atom. The number of carbonyl (C=O) groups excluding carboxylic acids is 1. The third-order valence-corrected chi connectivity index (χ3v) is 6.19. The second-order valence-corrected chi connectivity index (χ2v) is 8.72. The van der Waals surface area contributed by atoms with Crippen LogP contribution in [0.3, 0.4) is 0 Å². The predicted octanol–water partition coefficient (Wildman–Crippen LogP) is 5.29. The molecule has 1 aliphatic rings. The Labute approximate surface area is 195 Å². The highest BCUT2D eigenvalue weighted by atomic mass is 32.2. The minimum absolute atomic E-state index is 0.223. The van der Waals surface area contributed by atoms with Crippen LogP contribution < -0.4 is 4.74 Å². The van der Waals surface area contributed by atoms with E-state index in [0.29, 0.717) is 22.8 Å². The average Bonchev–Trinajstić information content (AvgIpc) is 3.08. The molecule has 1 saturated heterocycles. The molecule has 0 saturated carbocycles. The molecular formula is C25H19NO4S2. The monoisotopic (exact) mass is 461 g/mol. The molecule has 160 valence electrons. The van der Waals surface area contributed by atoms with E-state index < -0.39 is 17.9 Å². The van der Waals surface area contributed by atoms with Crippen LogP contribution in [0, 0.1) is 0 Å². The fraction of sp³-hybridized carbons (Fsp3) is 0.0800. The van der Waals surface area contributed by atoms with Crippen molar-refractivity contribution in [2.45, 2.75) is 12.6 Å². The minimum Gasteiger partial charge on any atom is -0.489 e. The summed E-state index contributed by atoms with van der Waals surface area (Å²) in [6, 6.07) is 24.7. The van der Waals surface area contributed by atoms with Gasteiger partial charge in [-0.25, -0.2) is 4.79 Å². The van der Waals surface area contributed by atoms with Crippen molar-refractivity contribution < 1.29 is 19.4 Å². The lowest BCUT2D eigenvalue weighted by Gasteiger charge is -2.23. The molecule has 1 atom stereocenters.